The third kappa shape index (κ3) is 3.90. The van der Waals surface area contributed by atoms with E-state index < -0.39 is 0 Å². The Labute approximate surface area is 175 Å². The van der Waals surface area contributed by atoms with Crippen LogP contribution in [-0.2, 0) is 11.3 Å². The van der Waals surface area contributed by atoms with Gasteiger partial charge in [-0.1, -0.05) is 37.2 Å². The van der Waals surface area contributed by atoms with Crippen molar-refractivity contribution in [3.05, 3.63) is 45.7 Å². The summed E-state index contributed by atoms with van der Waals surface area (Å²) < 4.78 is 3.53. The number of amides is 1. The van der Waals surface area contributed by atoms with Crippen molar-refractivity contribution >= 4 is 50.8 Å². The Balaban J connectivity index is 1.67. The van der Waals surface area contributed by atoms with Gasteiger partial charge >= 0.3 is 0 Å². The number of thiazole rings is 1. The third-order valence-electron chi connectivity index (χ3n) is 4.41. The van der Waals surface area contributed by atoms with Gasteiger partial charge in [-0.05, 0) is 25.5 Å². The topological polar surface area (TPSA) is 94.2 Å². The minimum absolute atomic E-state index is 0.0672. The molecule has 8 nitrogen and oxygen atoms in total. The summed E-state index contributed by atoms with van der Waals surface area (Å²) in [6.07, 6.45) is 1.84. The molecule has 3 heterocycles. The summed E-state index contributed by atoms with van der Waals surface area (Å²) in [6, 6.07) is 7.41. The number of fused-ring (bicyclic) bond motifs is 3. The van der Waals surface area contributed by atoms with Crippen LogP contribution in [0.3, 0.4) is 0 Å². The van der Waals surface area contributed by atoms with Crippen LogP contribution >= 0.6 is 23.1 Å². The van der Waals surface area contributed by atoms with Gasteiger partial charge in [-0.2, -0.15) is 0 Å². The number of unbranched alkanes of at least 4 members (excludes halogenated alkanes) is 1. The second-order valence-corrected chi connectivity index (χ2v) is 8.38. The molecule has 0 atom stereocenters. The highest BCUT2D eigenvalue weighted by molar-refractivity contribution is 7.99. The van der Waals surface area contributed by atoms with E-state index in [0.29, 0.717) is 28.0 Å². The number of nitrogens with zero attached hydrogens (tertiary/aromatic N) is 5. The van der Waals surface area contributed by atoms with Gasteiger partial charge in [0.05, 0.1) is 22.3 Å². The number of anilines is 1. The van der Waals surface area contributed by atoms with Crippen LogP contribution in [0.4, 0.5) is 5.13 Å². The summed E-state index contributed by atoms with van der Waals surface area (Å²) >= 11 is 2.68. The quantitative estimate of drug-likeness (QED) is 0.454. The first-order chi connectivity index (χ1) is 14.1. The van der Waals surface area contributed by atoms with Gasteiger partial charge in [0.15, 0.2) is 10.3 Å². The lowest BCUT2D eigenvalue weighted by Gasteiger charge is -2.10. The molecule has 0 aliphatic carbocycles. The summed E-state index contributed by atoms with van der Waals surface area (Å²) in [7, 11) is 0. The zero-order valence-corrected chi connectivity index (χ0v) is 17.7. The number of carbonyl (C=O) groups excluding carboxylic acids is 1. The Hall–Kier alpha value is -2.72. The van der Waals surface area contributed by atoms with Crippen molar-refractivity contribution < 1.29 is 4.79 Å². The van der Waals surface area contributed by atoms with Crippen molar-refractivity contribution in [2.75, 3.05) is 11.1 Å². The van der Waals surface area contributed by atoms with Crippen LogP contribution in [0.25, 0.3) is 16.7 Å². The lowest BCUT2D eigenvalue weighted by Crippen LogP contribution is -2.23. The van der Waals surface area contributed by atoms with Crippen molar-refractivity contribution in [1.29, 1.82) is 0 Å². The van der Waals surface area contributed by atoms with Gasteiger partial charge in [0.2, 0.25) is 11.7 Å². The smallest absolute Gasteiger partial charge is 0.262 e. The molecule has 10 heteroatoms. The van der Waals surface area contributed by atoms with Gasteiger partial charge in [-0.15, -0.1) is 21.5 Å². The van der Waals surface area contributed by atoms with Gasteiger partial charge in [-0.25, -0.2) is 4.98 Å². The third-order valence-corrected chi connectivity index (χ3v) is 6.22. The van der Waals surface area contributed by atoms with Crippen LogP contribution in [0.5, 0.6) is 0 Å². The molecule has 1 amide bonds. The highest BCUT2D eigenvalue weighted by Crippen LogP contribution is 2.22. The maximum Gasteiger partial charge on any atom is 0.262 e. The molecular formula is C19H20N6O2S2. The fourth-order valence-electron chi connectivity index (χ4n) is 3.04. The van der Waals surface area contributed by atoms with E-state index in [0.717, 1.165) is 24.1 Å². The molecule has 4 aromatic rings. The molecule has 0 aliphatic heterocycles. The van der Waals surface area contributed by atoms with Crippen molar-refractivity contribution in [1.82, 2.24) is 24.1 Å². The lowest BCUT2D eigenvalue weighted by atomic mass is 10.2. The molecule has 0 unspecified atom stereocenters. The fraction of sp³-hybridized carbons (Fsp3) is 0.316. The first-order valence-electron chi connectivity index (χ1n) is 9.30. The average Bonchev–Trinajstić information content (AvgIpc) is 3.32. The molecule has 1 N–H and O–H groups in total. The van der Waals surface area contributed by atoms with E-state index >= 15 is 0 Å². The molecule has 0 aliphatic rings. The Morgan fingerprint density at radius 2 is 2.10 bits per heavy atom. The minimum atomic E-state index is -0.162. The highest BCUT2D eigenvalue weighted by Gasteiger charge is 2.17. The number of thioether (sulfide) groups is 1. The molecule has 0 bridgehead atoms. The SMILES string of the molecule is CCCCn1c(=O)c2ccccc2n2c(SCC(=O)Nc3nc(C)cs3)nnc12. The zero-order chi connectivity index (χ0) is 20.4. The maximum absolute atomic E-state index is 12.9. The molecule has 29 heavy (non-hydrogen) atoms. The normalized spacial score (nSPS) is 11.4. The Morgan fingerprint density at radius 1 is 1.28 bits per heavy atom. The molecule has 4 rings (SSSR count). The molecule has 1 aromatic carbocycles. The number of carbonyl (C=O) groups is 1. The molecule has 150 valence electrons. The number of nitrogens with one attached hydrogen (secondary N) is 1. The summed E-state index contributed by atoms with van der Waals surface area (Å²) in [6.45, 7) is 4.54. The van der Waals surface area contributed by atoms with Crippen molar-refractivity contribution in [3.8, 4) is 0 Å². The van der Waals surface area contributed by atoms with E-state index in [1.807, 2.05) is 41.0 Å². The first kappa shape index (κ1) is 19.6. The first-order valence-corrected chi connectivity index (χ1v) is 11.2. The number of para-hydroxylation sites is 1. The van der Waals surface area contributed by atoms with Crippen LogP contribution in [0, 0.1) is 6.92 Å². The predicted molar refractivity (Wildman–Crippen MR) is 116 cm³/mol. The maximum atomic E-state index is 12.9. The van der Waals surface area contributed by atoms with Crippen molar-refractivity contribution in [2.24, 2.45) is 0 Å². The van der Waals surface area contributed by atoms with Gasteiger partial charge in [0.25, 0.3) is 5.56 Å². The van der Waals surface area contributed by atoms with E-state index in [-0.39, 0.29) is 17.2 Å². The summed E-state index contributed by atoms with van der Waals surface area (Å²) in [5.74, 6) is 0.507. The highest BCUT2D eigenvalue weighted by atomic mass is 32.2. The monoisotopic (exact) mass is 428 g/mol. The number of rotatable bonds is 7. The van der Waals surface area contributed by atoms with Gasteiger partial charge in [0, 0.05) is 11.9 Å². The fourth-order valence-corrected chi connectivity index (χ4v) is 4.49. The molecule has 0 fully saturated rings. The number of hydrogen-bond acceptors (Lipinski definition) is 7. The number of benzene rings is 1. The van der Waals surface area contributed by atoms with Gasteiger partial charge < -0.3 is 5.32 Å². The van der Waals surface area contributed by atoms with Crippen molar-refractivity contribution in [3.63, 3.8) is 0 Å². The van der Waals surface area contributed by atoms with Crippen LogP contribution in [0.2, 0.25) is 0 Å². The molecule has 3 aromatic heterocycles. The van der Waals surface area contributed by atoms with Crippen LogP contribution < -0.4 is 10.9 Å². The Bertz CT molecular complexity index is 1240. The van der Waals surface area contributed by atoms with E-state index in [9.17, 15) is 9.59 Å². The number of aryl methyl sites for hydroxylation is 2. The van der Waals surface area contributed by atoms with Crippen LogP contribution in [0.15, 0.2) is 39.6 Å². The van der Waals surface area contributed by atoms with Crippen LogP contribution in [0.1, 0.15) is 25.5 Å². The summed E-state index contributed by atoms with van der Waals surface area (Å²) in [5.41, 5.74) is 1.55. The molecule has 0 saturated heterocycles. The average molecular weight is 429 g/mol. The molecule has 0 saturated carbocycles. The minimum Gasteiger partial charge on any atom is -0.301 e. The largest absolute Gasteiger partial charge is 0.301 e. The number of hydrogen-bond donors (Lipinski definition) is 1. The summed E-state index contributed by atoms with van der Waals surface area (Å²) in [4.78, 5) is 29.5. The van der Waals surface area contributed by atoms with E-state index in [4.69, 9.17) is 0 Å². The Morgan fingerprint density at radius 3 is 2.86 bits per heavy atom. The van der Waals surface area contributed by atoms with E-state index in [1.165, 1.54) is 23.1 Å². The standard InChI is InChI=1S/C19H20N6O2S2/c1-3-4-9-24-16(27)13-7-5-6-8-14(13)25-18(24)22-23-19(25)29-11-15(26)21-17-20-12(2)10-28-17/h5-8,10H,3-4,9,11H2,1-2H3,(H,20,21,26). The van der Waals surface area contributed by atoms with Crippen molar-refractivity contribution in [2.45, 2.75) is 38.4 Å². The molecule has 0 spiro atoms. The lowest BCUT2D eigenvalue weighted by molar-refractivity contribution is -0.113. The zero-order valence-electron chi connectivity index (χ0n) is 16.1. The number of aromatic nitrogens is 5. The van der Waals surface area contributed by atoms with E-state index in [1.54, 1.807) is 4.57 Å². The second kappa shape index (κ2) is 8.34. The van der Waals surface area contributed by atoms with Gasteiger partial charge in [-0.3, -0.25) is 18.6 Å². The van der Waals surface area contributed by atoms with Gasteiger partial charge in [0.1, 0.15) is 0 Å². The summed E-state index contributed by atoms with van der Waals surface area (Å²) in [5, 5.41) is 15.0. The molecular weight excluding hydrogens is 408 g/mol. The van der Waals surface area contributed by atoms with Crippen LogP contribution in [-0.4, -0.2) is 35.8 Å². The predicted octanol–water partition coefficient (Wildman–Crippen LogP) is 3.34. The van der Waals surface area contributed by atoms with E-state index in [2.05, 4.69) is 27.4 Å². The molecule has 0 radical (unpaired) electrons. The second-order valence-electron chi connectivity index (χ2n) is 6.58. The Kier molecular flexibility index (Phi) is 5.63.